The Labute approximate surface area is 160 Å². The van der Waals surface area contributed by atoms with Crippen molar-refractivity contribution in [3.63, 3.8) is 0 Å². The molecular formula is C19H29N5O3. The normalized spacial score (nSPS) is 11.6. The van der Waals surface area contributed by atoms with Crippen molar-refractivity contribution in [2.45, 2.75) is 26.2 Å². The number of nitrogens with one attached hydrogen (secondary N) is 1. The molecule has 2 aromatic rings. The molecule has 2 rings (SSSR count). The van der Waals surface area contributed by atoms with Crippen LogP contribution in [0.3, 0.4) is 0 Å². The summed E-state index contributed by atoms with van der Waals surface area (Å²) in [6.07, 6.45) is 0.648. The monoisotopic (exact) mass is 375 g/mol. The number of aliphatic imine (C=N–C) groups is 1. The third-order valence-corrected chi connectivity index (χ3v) is 3.95. The molecule has 8 heteroatoms. The molecule has 0 saturated heterocycles. The first kappa shape index (κ1) is 20.5. The van der Waals surface area contributed by atoms with Gasteiger partial charge in [0.05, 0.1) is 13.7 Å². The Hall–Kier alpha value is -2.77. The Morgan fingerprint density at radius 3 is 2.56 bits per heavy atom. The van der Waals surface area contributed by atoms with Gasteiger partial charge in [0.25, 0.3) is 0 Å². The Morgan fingerprint density at radius 2 is 1.96 bits per heavy atom. The predicted molar refractivity (Wildman–Crippen MR) is 105 cm³/mol. The van der Waals surface area contributed by atoms with Gasteiger partial charge in [0, 0.05) is 33.0 Å². The lowest BCUT2D eigenvalue weighted by atomic mass is 10.2. The number of guanidine groups is 1. The minimum Gasteiger partial charge on any atom is -0.497 e. The van der Waals surface area contributed by atoms with Crippen LogP contribution in [0, 0.1) is 0 Å². The summed E-state index contributed by atoms with van der Waals surface area (Å²) in [6.45, 7) is 5.99. The van der Waals surface area contributed by atoms with E-state index >= 15 is 0 Å². The van der Waals surface area contributed by atoms with E-state index in [1.165, 1.54) is 0 Å². The van der Waals surface area contributed by atoms with Gasteiger partial charge in [-0.15, -0.1) is 0 Å². The van der Waals surface area contributed by atoms with Gasteiger partial charge >= 0.3 is 0 Å². The van der Waals surface area contributed by atoms with Gasteiger partial charge in [0.15, 0.2) is 11.8 Å². The molecule has 0 unspecified atom stereocenters. The first-order chi connectivity index (χ1) is 13.0. The minimum atomic E-state index is 0.264. The van der Waals surface area contributed by atoms with Crippen LogP contribution in [-0.4, -0.2) is 61.9 Å². The number of nitrogens with zero attached hydrogens (tertiary/aromatic N) is 4. The summed E-state index contributed by atoms with van der Waals surface area (Å²) < 4.78 is 16.1. The smallest absolute Gasteiger partial charge is 0.228 e. The van der Waals surface area contributed by atoms with E-state index in [4.69, 9.17) is 14.0 Å². The van der Waals surface area contributed by atoms with Gasteiger partial charge in [-0.2, -0.15) is 4.98 Å². The molecule has 27 heavy (non-hydrogen) atoms. The number of hydrogen-bond acceptors (Lipinski definition) is 6. The fourth-order valence-corrected chi connectivity index (χ4v) is 2.35. The molecule has 1 aromatic carbocycles. The zero-order chi connectivity index (χ0) is 19.6. The maximum Gasteiger partial charge on any atom is 0.228 e. The van der Waals surface area contributed by atoms with Gasteiger partial charge in [-0.3, -0.25) is 4.99 Å². The fourth-order valence-electron chi connectivity index (χ4n) is 2.35. The highest BCUT2D eigenvalue weighted by atomic mass is 16.5. The third-order valence-electron chi connectivity index (χ3n) is 3.95. The second-order valence-corrected chi connectivity index (χ2v) is 6.37. The van der Waals surface area contributed by atoms with E-state index in [9.17, 15) is 0 Å². The van der Waals surface area contributed by atoms with E-state index in [1.54, 1.807) is 14.2 Å². The maximum atomic E-state index is 5.76. The van der Waals surface area contributed by atoms with Gasteiger partial charge in [0.1, 0.15) is 18.1 Å². The van der Waals surface area contributed by atoms with Crippen LogP contribution in [0.2, 0.25) is 0 Å². The van der Waals surface area contributed by atoms with Crippen molar-refractivity contribution in [2.24, 2.45) is 4.99 Å². The molecule has 0 aliphatic rings. The summed E-state index contributed by atoms with van der Waals surface area (Å²) in [5.74, 6) is 4.04. The van der Waals surface area contributed by atoms with Crippen molar-refractivity contribution in [2.75, 3.05) is 40.9 Å². The van der Waals surface area contributed by atoms with Crippen LogP contribution < -0.4 is 14.8 Å². The Kier molecular flexibility index (Phi) is 7.91. The number of likely N-dealkylation sites (N-methyl/N-ethyl adjacent to an activating group) is 1. The summed E-state index contributed by atoms with van der Waals surface area (Å²) in [6, 6.07) is 7.53. The largest absolute Gasteiger partial charge is 0.497 e. The van der Waals surface area contributed by atoms with Crippen LogP contribution in [0.15, 0.2) is 33.8 Å². The van der Waals surface area contributed by atoms with E-state index < -0.39 is 0 Å². The van der Waals surface area contributed by atoms with Gasteiger partial charge in [-0.05, 0) is 24.3 Å². The van der Waals surface area contributed by atoms with Crippen LogP contribution >= 0.6 is 0 Å². The highest BCUT2D eigenvalue weighted by Gasteiger charge is 2.10. The van der Waals surface area contributed by atoms with E-state index in [2.05, 4.69) is 20.4 Å². The van der Waals surface area contributed by atoms with E-state index in [1.807, 2.05) is 50.1 Å². The topological polar surface area (TPSA) is 85.0 Å². The Morgan fingerprint density at radius 1 is 1.26 bits per heavy atom. The standard InChI is InChI=1S/C19H29N5O3/c1-14(2)18-22-17(27-23-18)10-11-21-19(20-3)24(4)12-13-26-16-8-6-15(25-5)7-9-16/h6-9,14H,10-13H2,1-5H3,(H,20,21). The van der Waals surface area contributed by atoms with Crippen molar-refractivity contribution >= 4 is 5.96 Å². The summed E-state index contributed by atoms with van der Waals surface area (Å²) in [4.78, 5) is 10.7. The molecular weight excluding hydrogens is 346 g/mol. The molecule has 0 fully saturated rings. The van der Waals surface area contributed by atoms with E-state index in [0.717, 1.165) is 23.3 Å². The van der Waals surface area contributed by atoms with Crippen LogP contribution in [0.25, 0.3) is 0 Å². The SMILES string of the molecule is CN=C(NCCc1nc(C(C)C)no1)N(C)CCOc1ccc(OC)cc1. The van der Waals surface area contributed by atoms with Crippen LogP contribution in [0.5, 0.6) is 11.5 Å². The van der Waals surface area contributed by atoms with Gasteiger partial charge in [0.2, 0.25) is 5.89 Å². The molecule has 148 valence electrons. The van der Waals surface area contributed by atoms with Gasteiger partial charge in [-0.25, -0.2) is 0 Å². The quantitative estimate of drug-likeness (QED) is 0.532. The Bertz CT molecular complexity index is 712. The van der Waals surface area contributed by atoms with E-state index in [0.29, 0.717) is 32.0 Å². The van der Waals surface area contributed by atoms with Gasteiger partial charge < -0.3 is 24.2 Å². The summed E-state index contributed by atoms with van der Waals surface area (Å²) in [7, 11) is 5.37. The van der Waals surface area contributed by atoms with Crippen LogP contribution in [0.1, 0.15) is 31.5 Å². The van der Waals surface area contributed by atoms with Crippen molar-refractivity contribution in [3.05, 3.63) is 36.0 Å². The molecule has 0 spiro atoms. The molecule has 0 atom stereocenters. The maximum absolute atomic E-state index is 5.76. The first-order valence-electron chi connectivity index (χ1n) is 9.04. The molecule has 0 bridgehead atoms. The summed E-state index contributed by atoms with van der Waals surface area (Å²) >= 11 is 0. The summed E-state index contributed by atoms with van der Waals surface area (Å²) in [5, 5.41) is 7.27. The van der Waals surface area contributed by atoms with Crippen molar-refractivity contribution in [1.29, 1.82) is 0 Å². The molecule has 1 heterocycles. The Balaban J connectivity index is 1.71. The van der Waals surface area contributed by atoms with Crippen LogP contribution in [0.4, 0.5) is 0 Å². The number of hydrogen-bond donors (Lipinski definition) is 1. The molecule has 8 nitrogen and oxygen atoms in total. The van der Waals surface area contributed by atoms with Crippen molar-refractivity contribution in [1.82, 2.24) is 20.4 Å². The zero-order valence-electron chi connectivity index (χ0n) is 16.7. The molecule has 0 aliphatic carbocycles. The highest BCUT2D eigenvalue weighted by molar-refractivity contribution is 5.79. The number of ether oxygens (including phenoxy) is 2. The summed E-state index contributed by atoms with van der Waals surface area (Å²) in [5.41, 5.74) is 0. The van der Waals surface area contributed by atoms with E-state index in [-0.39, 0.29) is 5.92 Å². The molecule has 1 aromatic heterocycles. The fraction of sp³-hybridized carbons (Fsp3) is 0.526. The average Bonchev–Trinajstić information content (AvgIpc) is 3.15. The van der Waals surface area contributed by atoms with Crippen LogP contribution in [-0.2, 0) is 6.42 Å². The first-order valence-corrected chi connectivity index (χ1v) is 9.04. The number of benzene rings is 1. The highest BCUT2D eigenvalue weighted by Crippen LogP contribution is 2.16. The van der Waals surface area contributed by atoms with Crippen molar-refractivity contribution in [3.8, 4) is 11.5 Å². The number of aromatic nitrogens is 2. The number of rotatable bonds is 9. The molecule has 0 amide bonds. The van der Waals surface area contributed by atoms with Crippen molar-refractivity contribution < 1.29 is 14.0 Å². The zero-order valence-corrected chi connectivity index (χ0v) is 16.7. The predicted octanol–water partition coefficient (Wildman–Crippen LogP) is 2.33. The molecule has 0 radical (unpaired) electrons. The second-order valence-electron chi connectivity index (χ2n) is 6.37. The second kappa shape index (κ2) is 10.4. The average molecular weight is 375 g/mol. The molecule has 0 saturated carbocycles. The lowest BCUT2D eigenvalue weighted by Gasteiger charge is -2.22. The minimum absolute atomic E-state index is 0.264. The number of methoxy groups -OCH3 is 1. The van der Waals surface area contributed by atoms with Gasteiger partial charge in [-0.1, -0.05) is 19.0 Å². The lowest BCUT2D eigenvalue weighted by molar-refractivity contribution is 0.281. The molecule has 0 aliphatic heterocycles. The third kappa shape index (κ3) is 6.47. The molecule has 1 N–H and O–H groups in total. The lowest BCUT2D eigenvalue weighted by Crippen LogP contribution is -2.41.